The van der Waals surface area contributed by atoms with Gasteiger partial charge in [-0.3, -0.25) is 9.78 Å². The SMILES string of the molecule is O=C(c1ccccc1)c1cnc2c(C(F)(F)F)cccc2c1-c1cccc(OCc2ccc(F)cc2F)c1. The van der Waals surface area contributed by atoms with E-state index in [1.165, 1.54) is 18.2 Å². The van der Waals surface area contributed by atoms with Crippen LogP contribution < -0.4 is 4.74 Å². The molecule has 0 aliphatic heterocycles. The molecule has 0 fully saturated rings. The summed E-state index contributed by atoms with van der Waals surface area (Å²) < 4.78 is 74.3. The fourth-order valence-electron chi connectivity index (χ4n) is 4.22. The van der Waals surface area contributed by atoms with E-state index < -0.39 is 29.2 Å². The predicted molar refractivity (Wildman–Crippen MR) is 133 cm³/mol. The minimum atomic E-state index is -4.65. The van der Waals surface area contributed by atoms with Crippen molar-refractivity contribution in [3.63, 3.8) is 0 Å². The zero-order valence-electron chi connectivity index (χ0n) is 19.6. The van der Waals surface area contributed by atoms with E-state index in [9.17, 15) is 26.7 Å². The first kappa shape index (κ1) is 25.1. The summed E-state index contributed by atoms with van der Waals surface area (Å²) in [7, 11) is 0. The summed E-state index contributed by atoms with van der Waals surface area (Å²) in [6.45, 7) is -0.208. The number of rotatable bonds is 6. The number of fused-ring (bicyclic) bond motifs is 1. The average Bonchev–Trinajstić information content (AvgIpc) is 2.91. The van der Waals surface area contributed by atoms with Gasteiger partial charge in [0, 0.05) is 39.9 Å². The molecule has 0 spiro atoms. The van der Waals surface area contributed by atoms with Crippen molar-refractivity contribution in [3.05, 3.63) is 131 Å². The Morgan fingerprint density at radius 1 is 0.842 bits per heavy atom. The van der Waals surface area contributed by atoms with Crippen LogP contribution in [0.1, 0.15) is 27.0 Å². The lowest BCUT2D eigenvalue weighted by atomic mass is 9.91. The van der Waals surface area contributed by atoms with Crippen LogP contribution in [0.2, 0.25) is 0 Å². The van der Waals surface area contributed by atoms with Crippen molar-refractivity contribution in [2.75, 3.05) is 0 Å². The lowest BCUT2D eigenvalue weighted by Gasteiger charge is -2.16. The summed E-state index contributed by atoms with van der Waals surface area (Å²) in [5.41, 5.74) is 0.0432. The molecule has 8 heteroatoms. The Bertz CT molecular complexity index is 1650. The Balaban J connectivity index is 1.64. The largest absolute Gasteiger partial charge is 0.489 e. The van der Waals surface area contributed by atoms with E-state index in [-0.39, 0.29) is 39.9 Å². The number of halogens is 5. The molecule has 0 aliphatic carbocycles. The fraction of sp³-hybridized carbons (Fsp3) is 0.0667. The van der Waals surface area contributed by atoms with E-state index in [4.69, 9.17) is 4.74 Å². The van der Waals surface area contributed by atoms with Crippen LogP contribution in [0.5, 0.6) is 5.75 Å². The van der Waals surface area contributed by atoms with Gasteiger partial charge in [-0.15, -0.1) is 0 Å². The van der Waals surface area contributed by atoms with Crippen molar-refractivity contribution in [1.82, 2.24) is 4.98 Å². The molecule has 0 saturated heterocycles. The van der Waals surface area contributed by atoms with Gasteiger partial charge in [0.25, 0.3) is 0 Å². The van der Waals surface area contributed by atoms with Crippen molar-refractivity contribution >= 4 is 16.7 Å². The van der Waals surface area contributed by atoms with Crippen LogP contribution in [0, 0.1) is 11.6 Å². The van der Waals surface area contributed by atoms with Gasteiger partial charge in [0.05, 0.1) is 11.1 Å². The molecular weight excluding hydrogens is 501 g/mol. The molecule has 0 N–H and O–H groups in total. The van der Waals surface area contributed by atoms with Gasteiger partial charge < -0.3 is 4.74 Å². The molecule has 1 aromatic heterocycles. The molecule has 0 atom stereocenters. The number of ketones is 1. The van der Waals surface area contributed by atoms with Crippen molar-refractivity contribution in [3.8, 4) is 16.9 Å². The molecule has 0 saturated carbocycles. The van der Waals surface area contributed by atoms with Crippen LogP contribution in [0.4, 0.5) is 22.0 Å². The number of para-hydroxylation sites is 1. The minimum absolute atomic E-state index is 0.116. The van der Waals surface area contributed by atoms with Gasteiger partial charge in [0.15, 0.2) is 5.78 Å². The van der Waals surface area contributed by atoms with E-state index in [0.29, 0.717) is 11.1 Å². The monoisotopic (exact) mass is 519 g/mol. The highest BCUT2D eigenvalue weighted by molar-refractivity contribution is 6.16. The number of alkyl halides is 3. The first-order valence-electron chi connectivity index (χ1n) is 11.5. The highest BCUT2D eigenvalue weighted by Gasteiger charge is 2.34. The normalized spacial score (nSPS) is 11.5. The van der Waals surface area contributed by atoms with Gasteiger partial charge in [-0.25, -0.2) is 8.78 Å². The Kier molecular flexibility index (Phi) is 6.63. The molecule has 38 heavy (non-hydrogen) atoms. The van der Waals surface area contributed by atoms with E-state index in [1.807, 2.05) is 0 Å². The van der Waals surface area contributed by atoms with Gasteiger partial charge in [0.2, 0.25) is 0 Å². The number of carbonyl (C=O) groups excluding carboxylic acids is 1. The number of aromatic nitrogens is 1. The third-order valence-electron chi connectivity index (χ3n) is 6.02. The maximum absolute atomic E-state index is 14.1. The number of carbonyl (C=O) groups is 1. The first-order chi connectivity index (χ1) is 18.2. The molecule has 190 valence electrons. The van der Waals surface area contributed by atoms with Crippen molar-refractivity contribution < 1.29 is 31.5 Å². The quantitative estimate of drug-likeness (QED) is 0.169. The second-order valence-corrected chi connectivity index (χ2v) is 8.49. The summed E-state index contributed by atoms with van der Waals surface area (Å²) in [6, 6.07) is 21.6. The molecule has 3 nitrogen and oxygen atoms in total. The fourth-order valence-corrected chi connectivity index (χ4v) is 4.22. The maximum Gasteiger partial charge on any atom is 0.418 e. The average molecular weight is 519 g/mol. The van der Waals surface area contributed by atoms with Crippen LogP contribution in [0.15, 0.2) is 97.2 Å². The number of pyridine rings is 1. The first-order valence-corrected chi connectivity index (χ1v) is 11.5. The summed E-state index contributed by atoms with van der Waals surface area (Å²) in [4.78, 5) is 17.5. The topological polar surface area (TPSA) is 39.2 Å². The van der Waals surface area contributed by atoms with Gasteiger partial charge in [-0.1, -0.05) is 54.6 Å². The lowest BCUT2D eigenvalue weighted by molar-refractivity contribution is -0.136. The van der Waals surface area contributed by atoms with Crippen molar-refractivity contribution in [2.45, 2.75) is 12.8 Å². The Hall–Kier alpha value is -4.59. The van der Waals surface area contributed by atoms with E-state index >= 15 is 0 Å². The molecule has 4 aromatic carbocycles. The standard InChI is InChI=1S/C30H18F5NO2/c31-21-13-12-20(26(32)15-21)17-38-22-9-4-8-19(14-22)27-23-10-5-11-25(30(33,34)35)28(23)36-16-24(27)29(37)18-6-2-1-3-7-18/h1-16H,17H2. The Morgan fingerprint density at radius 2 is 1.61 bits per heavy atom. The highest BCUT2D eigenvalue weighted by Crippen LogP contribution is 2.39. The second kappa shape index (κ2) is 10.0. The molecule has 0 unspecified atom stereocenters. The van der Waals surface area contributed by atoms with Gasteiger partial charge in [0.1, 0.15) is 24.0 Å². The summed E-state index contributed by atoms with van der Waals surface area (Å²) in [6.07, 6.45) is -3.50. The highest BCUT2D eigenvalue weighted by atomic mass is 19.4. The van der Waals surface area contributed by atoms with E-state index in [0.717, 1.165) is 24.4 Å². The lowest BCUT2D eigenvalue weighted by Crippen LogP contribution is -2.09. The zero-order chi connectivity index (χ0) is 26.9. The summed E-state index contributed by atoms with van der Waals surface area (Å²) in [5, 5.41) is 0.142. The summed E-state index contributed by atoms with van der Waals surface area (Å²) in [5.74, 6) is -1.61. The van der Waals surface area contributed by atoms with Crippen LogP contribution in [0.3, 0.4) is 0 Å². The third kappa shape index (κ3) is 4.98. The van der Waals surface area contributed by atoms with Crippen LogP contribution in [0.25, 0.3) is 22.0 Å². The van der Waals surface area contributed by atoms with Crippen LogP contribution >= 0.6 is 0 Å². The van der Waals surface area contributed by atoms with Gasteiger partial charge in [-0.2, -0.15) is 13.2 Å². The van der Waals surface area contributed by atoms with Crippen LogP contribution in [-0.4, -0.2) is 10.8 Å². The Morgan fingerprint density at radius 3 is 2.34 bits per heavy atom. The second-order valence-electron chi connectivity index (χ2n) is 8.49. The molecule has 5 aromatic rings. The minimum Gasteiger partial charge on any atom is -0.489 e. The maximum atomic E-state index is 14.1. The number of hydrogen-bond acceptors (Lipinski definition) is 3. The molecular formula is C30H18F5NO2. The molecule has 0 amide bonds. The predicted octanol–water partition coefficient (Wildman–Crippen LogP) is 8.01. The van der Waals surface area contributed by atoms with E-state index in [2.05, 4.69) is 4.98 Å². The molecule has 0 radical (unpaired) electrons. The summed E-state index contributed by atoms with van der Waals surface area (Å²) >= 11 is 0. The van der Waals surface area contributed by atoms with Crippen molar-refractivity contribution in [1.29, 1.82) is 0 Å². The zero-order valence-corrected chi connectivity index (χ0v) is 19.6. The molecule has 0 bridgehead atoms. The smallest absolute Gasteiger partial charge is 0.418 e. The van der Waals surface area contributed by atoms with Gasteiger partial charge >= 0.3 is 6.18 Å². The van der Waals surface area contributed by atoms with Crippen molar-refractivity contribution in [2.24, 2.45) is 0 Å². The van der Waals surface area contributed by atoms with Crippen LogP contribution in [-0.2, 0) is 12.8 Å². The molecule has 0 aliphatic rings. The third-order valence-corrected chi connectivity index (χ3v) is 6.02. The number of nitrogens with zero attached hydrogens (tertiary/aromatic N) is 1. The van der Waals surface area contributed by atoms with E-state index in [1.54, 1.807) is 54.6 Å². The number of ether oxygens (including phenoxy) is 1. The Labute approximate surface area is 214 Å². The van der Waals surface area contributed by atoms with Gasteiger partial charge in [-0.05, 0) is 35.9 Å². The number of hydrogen-bond donors (Lipinski definition) is 0. The molecule has 5 rings (SSSR count). The number of benzene rings is 4. The molecule has 1 heterocycles.